The third-order valence-electron chi connectivity index (χ3n) is 2.03. The molecule has 0 bridgehead atoms. The topological polar surface area (TPSA) is 43.4 Å². The van der Waals surface area contributed by atoms with Crippen molar-refractivity contribution in [2.75, 3.05) is 32.9 Å². The Bertz CT molecular complexity index is 254. The number of nitrogens with zero attached hydrogens (tertiary/aromatic N) is 1. The predicted octanol–water partition coefficient (Wildman–Crippen LogP) is 1.48. The minimum atomic E-state index is 0.667. The van der Waals surface area contributed by atoms with Crippen molar-refractivity contribution < 1.29 is 9.47 Å². The zero-order valence-electron chi connectivity index (χ0n) is 9.82. The molecule has 0 spiro atoms. The van der Waals surface area contributed by atoms with Crippen LogP contribution in [-0.4, -0.2) is 37.9 Å². The number of pyridine rings is 1. The van der Waals surface area contributed by atoms with E-state index in [1.165, 1.54) is 0 Å². The Hall–Kier alpha value is -1.13. The molecule has 0 aliphatic rings. The van der Waals surface area contributed by atoms with E-state index in [0.29, 0.717) is 6.61 Å². The summed E-state index contributed by atoms with van der Waals surface area (Å²) in [7, 11) is 0. The first-order chi connectivity index (χ1) is 7.93. The van der Waals surface area contributed by atoms with E-state index < -0.39 is 0 Å². The number of nitrogens with one attached hydrogen (secondary N) is 1. The molecule has 0 amide bonds. The summed E-state index contributed by atoms with van der Waals surface area (Å²) < 4.78 is 10.7. The van der Waals surface area contributed by atoms with Crippen LogP contribution in [0.4, 0.5) is 0 Å². The lowest BCUT2D eigenvalue weighted by molar-refractivity contribution is 0.144. The molecule has 0 aliphatic carbocycles. The highest BCUT2D eigenvalue weighted by molar-refractivity contribution is 5.15. The zero-order chi connectivity index (χ0) is 11.5. The second-order valence-corrected chi connectivity index (χ2v) is 3.34. The number of hydrogen-bond donors (Lipinski definition) is 1. The number of ether oxygens (including phenoxy) is 2. The summed E-state index contributed by atoms with van der Waals surface area (Å²) in [5.74, 6) is 0.818. The maximum absolute atomic E-state index is 5.48. The minimum Gasteiger partial charge on any atom is -0.491 e. The molecule has 0 fully saturated rings. The van der Waals surface area contributed by atoms with Crippen LogP contribution in [0.5, 0.6) is 5.75 Å². The van der Waals surface area contributed by atoms with E-state index in [2.05, 4.69) is 10.3 Å². The van der Waals surface area contributed by atoms with Gasteiger partial charge >= 0.3 is 0 Å². The van der Waals surface area contributed by atoms with Crippen molar-refractivity contribution in [3.8, 4) is 5.75 Å². The third-order valence-corrected chi connectivity index (χ3v) is 2.03. The van der Waals surface area contributed by atoms with Gasteiger partial charge in [-0.15, -0.1) is 0 Å². The van der Waals surface area contributed by atoms with Crippen LogP contribution in [0.15, 0.2) is 24.5 Å². The van der Waals surface area contributed by atoms with Gasteiger partial charge in [0.05, 0.1) is 6.20 Å². The lowest BCUT2D eigenvalue weighted by atomic mass is 10.4. The molecule has 1 aromatic rings. The Morgan fingerprint density at radius 1 is 1.31 bits per heavy atom. The Morgan fingerprint density at radius 2 is 2.25 bits per heavy atom. The fourth-order valence-corrected chi connectivity index (χ4v) is 1.24. The van der Waals surface area contributed by atoms with Crippen LogP contribution in [0.2, 0.25) is 0 Å². The Morgan fingerprint density at radius 3 is 3.00 bits per heavy atom. The number of rotatable bonds is 9. The summed E-state index contributed by atoms with van der Waals surface area (Å²) in [5, 5.41) is 3.29. The van der Waals surface area contributed by atoms with Crippen molar-refractivity contribution in [1.29, 1.82) is 0 Å². The summed E-state index contributed by atoms with van der Waals surface area (Å²) in [4.78, 5) is 3.97. The highest BCUT2D eigenvalue weighted by atomic mass is 16.5. The monoisotopic (exact) mass is 224 g/mol. The highest BCUT2D eigenvalue weighted by Crippen LogP contribution is 2.04. The molecule has 1 aromatic heterocycles. The van der Waals surface area contributed by atoms with Crippen LogP contribution in [0.25, 0.3) is 0 Å². The SMILES string of the molecule is CCOCCCNCCOc1cccnc1. The normalized spacial score (nSPS) is 10.3. The average Bonchev–Trinajstić information content (AvgIpc) is 2.34. The smallest absolute Gasteiger partial charge is 0.137 e. The molecule has 1 heterocycles. The standard InChI is InChI=1S/C12H20N2O2/c1-2-15-9-4-7-13-8-10-16-12-5-3-6-14-11-12/h3,5-6,11,13H,2,4,7-10H2,1H3. The van der Waals surface area contributed by atoms with E-state index >= 15 is 0 Å². The van der Waals surface area contributed by atoms with E-state index in [4.69, 9.17) is 9.47 Å². The van der Waals surface area contributed by atoms with Gasteiger partial charge in [0, 0.05) is 26.0 Å². The molecule has 0 saturated carbocycles. The van der Waals surface area contributed by atoms with Crippen LogP contribution in [0, 0.1) is 0 Å². The van der Waals surface area contributed by atoms with Gasteiger partial charge in [0.2, 0.25) is 0 Å². The van der Waals surface area contributed by atoms with Gasteiger partial charge in [0.15, 0.2) is 0 Å². The van der Waals surface area contributed by atoms with Gasteiger partial charge in [-0.3, -0.25) is 4.98 Å². The molecule has 1 rings (SSSR count). The maximum atomic E-state index is 5.48. The molecule has 0 radical (unpaired) electrons. The Balaban J connectivity index is 1.89. The van der Waals surface area contributed by atoms with Crippen LogP contribution < -0.4 is 10.1 Å². The van der Waals surface area contributed by atoms with Gasteiger partial charge in [-0.2, -0.15) is 0 Å². The van der Waals surface area contributed by atoms with Crippen LogP contribution in [-0.2, 0) is 4.74 Å². The second-order valence-electron chi connectivity index (χ2n) is 3.34. The molecule has 1 N–H and O–H groups in total. The number of hydrogen-bond acceptors (Lipinski definition) is 4. The maximum Gasteiger partial charge on any atom is 0.137 e. The van der Waals surface area contributed by atoms with Crippen molar-refractivity contribution in [3.63, 3.8) is 0 Å². The van der Waals surface area contributed by atoms with Crippen molar-refractivity contribution in [3.05, 3.63) is 24.5 Å². The summed E-state index contributed by atoms with van der Waals surface area (Å²) in [5.41, 5.74) is 0. The van der Waals surface area contributed by atoms with E-state index in [0.717, 1.165) is 38.5 Å². The third kappa shape index (κ3) is 6.37. The molecule has 4 nitrogen and oxygen atoms in total. The van der Waals surface area contributed by atoms with Crippen molar-refractivity contribution in [2.24, 2.45) is 0 Å². The fraction of sp³-hybridized carbons (Fsp3) is 0.583. The van der Waals surface area contributed by atoms with Crippen LogP contribution >= 0.6 is 0 Å². The molecule has 0 aliphatic heterocycles. The molecular formula is C12H20N2O2. The molecule has 4 heteroatoms. The van der Waals surface area contributed by atoms with Gasteiger partial charge in [0.1, 0.15) is 12.4 Å². The van der Waals surface area contributed by atoms with Crippen LogP contribution in [0.3, 0.4) is 0 Å². The Labute approximate surface area is 97.0 Å². The molecule has 0 unspecified atom stereocenters. The van der Waals surface area contributed by atoms with Gasteiger partial charge in [-0.1, -0.05) is 0 Å². The van der Waals surface area contributed by atoms with E-state index in [1.807, 2.05) is 19.1 Å². The van der Waals surface area contributed by atoms with E-state index in [1.54, 1.807) is 12.4 Å². The first kappa shape index (κ1) is 12.9. The first-order valence-electron chi connectivity index (χ1n) is 5.74. The van der Waals surface area contributed by atoms with Gasteiger partial charge in [0.25, 0.3) is 0 Å². The van der Waals surface area contributed by atoms with Gasteiger partial charge in [-0.25, -0.2) is 0 Å². The second kappa shape index (κ2) is 9.12. The molecule has 16 heavy (non-hydrogen) atoms. The highest BCUT2D eigenvalue weighted by Gasteiger charge is 1.92. The lowest BCUT2D eigenvalue weighted by Crippen LogP contribution is -2.23. The van der Waals surface area contributed by atoms with Crippen LogP contribution in [0.1, 0.15) is 13.3 Å². The molecule has 0 saturated heterocycles. The van der Waals surface area contributed by atoms with Crippen molar-refractivity contribution in [2.45, 2.75) is 13.3 Å². The fourth-order valence-electron chi connectivity index (χ4n) is 1.24. The van der Waals surface area contributed by atoms with Crippen molar-refractivity contribution in [1.82, 2.24) is 10.3 Å². The number of aromatic nitrogens is 1. The van der Waals surface area contributed by atoms with Crippen molar-refractivity contribution >= 4 is 0 Å². The van der Waals surface area contributed by atoms with E-state index in [-0.39, 0.29) is 0 Å². The first-order valence-corrected chi connectivity index (χ1v) is 5.74. The van der Waals surface area contributed by atoms with E-state index in [9.17, 15) is 0 Å². The predicted molar refractivity (Wildman–Crippen MR) is 63.7 cm³/mol. The molecule has 0 atom stereocenters. The summed E-state index contributed by atoms with van der Waals surface area (Å²) in [6.45, 7) is 6.12. The minimum absolute atomic E-state index is 0.667. The average molecular weight is 224 g/mol. The van der Waals surface area contributed by atoms with Gasteiger partial charge in [-0.05, 0) is 32.0 Å². The Kier molecular flexibility index (Phi) is 7.38. The zero-order valence-corrected chi connectivity index (χ0v) is 9.82. The quantitative estimate of drug-likeness (QED) is 0.645. The summed E-state index contributed by atoms with van der Waals surface area (Å²) >= 11 is 0. The molecule has 0 aromatic carbocycles. The summed E-state index contributed by atoms with van der Waals surface area (Å²) in [6.07, 6.45) is 4.49. The molecular weight excluding hydrogens is 204 g/mol. The summed E-state index contributed by atoms with van der Waals surface area (Å²) in [6, 6.07) is 3.77. The largest absolute Gasteiger partial charge is 0.491 e. The molecule has 90 valence electrons. The van der Waals surface area contributed by atoms with Gasteiger partial charge < -0.3 is 14.8 Å². The lowest BCUT2D eigenvalue weighted by Gasteiger charge is -2.06.